The van der Waals surface area contributed by atoms with E-state index in [4.69, 9.17) is 21.1 Å². The molecule has 0 spiro atoms. The molecule has 0 amide bonds. The lowest BCUT2D eigenvalue weighted by Gasteiger charge is -2.42. The molecule has 0 N–H and O–H groups in total. The topological polar surface area (TPSA) is 50.7 Å². The van der Waals surface area contributed by atoms with Crippen LogP contribution in [0.1, 0.15) is 12.8 Å². The minimum absolute atomic E-state index is 0.261. The van der Waals surface area contributed by atoms with Crippen molar-refractivity contribution in [2.24, 2.45) is 0 Å². The molecular weight excluding hydrogens is 340 g/mol. The maximum atomic E-state index is 5.98. The monoisotopic (exact) mass is 360 g/mol. The zero-order chi connectivity index (χ0) is 17.2. The van der Waals surface area contributed by atoms with Gasteiger partial charge < -0.3 is 19.3 Å². The van der Waals surface area contributed by atoms with Crippen LogP contribution in [-0.4, -0.2) is 49.0 Å². The van der Waals surface area contributed by atoms with Gasteiger partial charge in [0.1, 0.15) is 11.6 Å². The average molecular weight is 361 g/mol. The molecule has 0 radical (unpaired) electrons. The number of aromatic nitrogens is 2. The molecule has 3 heterocycles. The number of rotatable bonds is 5. The van der Waals surface area contributed by atoms with Gasteiger partial charge >= 0.3 is 0 Å². The summed E-state index contributed by atoms with van der Waals surface area (Å²) < 4.78 is 10.6. The Bertz CT molecular complexity index is 731. The van der Waals surface area contributed by atoms with E-state index >= 15 is 0 Å². The lowest BCUT2D eigenvalue weighted by Crippen LogP contribution is -2.54. The van der Waals surface area contributed by atoms with Crippen molar-refractivity contribution in [3.05, 3.63) is 41.8 Å². The molecule has 25 heavy (non-hydrogen) atoms. The van der Waals surface area contributed by atoms with Gasteiger partial charge in [-0.2, -0.15) is 0 Å². The Kier molecular flexibility index (Phi) is 4.63. The number of methoxy groups -OCH3 is 1. The van der Waals surface area contributed by atoms with E-state index in [1.54, 1.807) is 13.3 Å². The van der Waals surface area contributed by atoms with E-state index in [1.807, 2.05) is 18.2 Å². The molecule has 2 aromatic rings. The molecule has 2 aliphatic heterocycles. The van der Waals surface area contributed by atoms with Crippen molar-refractivity contribution in [1.82, 2.24) is 9.97 Å². The minimum Gasteiger partial charge on any atom is -0.467 e. The summed E-state index contributed by atoms with van der Waals surface area (Å²) in [6.07, 6.45) is 4.07. The van der Waals surface area contributed by atoms with Crippen LogP contribution in [0.5, 0.6) is 5.75 Å². The van der Waals surface area contributed by atoms with Gasteiger partial charge in [0, 0.05) is 50.2 Å². The Morgan fingerprint density at radius 1 is 1.20 bits per heavy atom. The molecule has 2 unspecified atom stereocenters. The first-order valence-corrected chi connectivity index (χ1v) is 8.86. The molecular formula is C18H21ClN4O2. The van der Waals surface area contributed by atoms with Gasteiger partial charge in [-0.1, -0.05) is 6.07 Å². The molecule has 2 aliphatic rings. The quantitative estimate of drug-likeness (QED) is 0.603. The van der Waals surface area contributed by atoms with Gasteiger partial charge in [0.25, 0.3) is 0 Å². The standard InChI is InChI=1S/C18H21ClN4O2/c1-24-12-25-16-4-2-3-13(9-16)22-10-14-5-6-15(11-22)23(14)17-7-8-20-18(19)21-17/h2-4,7-9,14-15H,5-6,10-12H2,1H3. The first-order valence-electron chi connectivity index (χ1n) is 8.48. The maximum Gasteiger partial charge on any atom is 0.224 e. The van der Waals surface area contributed by atoms with Crippen LogP contribution in [0.3, 0.4) is 0 Å². The van der Waals surface area contributed by atoms with Gasteiger partial charge in [-0.3, -0.25) is 0 Å². The number of ether oxygens (including phenoxy) is 2. The van der Waals surface area contributed by atoms with E-state index in [0.717, 1.165) is 24.7 Å². The van der Waals surface area contributed by atoms with E-state index in [0.29, 0.717) is 17.4 Å². The number of hydrogen-bond acceptors (Lipinski definition) is 6. The van der Waals surface area contributed by atoms with Crippen LogP contribution >= 0.6 is 11.6 Å². The predicted molar refractivity (Wildman–Crippen MR) is 97.5 cm³/mol. The third-order valence-electron chi connectivity index (χ3n) is 4.88. The van der Waals surface area contributed by atoms with E-state index in [1.165, 1.54) is 18.5 Å². The normalized spacial score (nSPS) is 22.3. The Balaban J connectivity index is 1.52. The van der Waals surface area contributed by atoms with Crippen LogP contribution in [0, 0.1) is 0 Å². The van der Waals surface area contributed by atoms with Gasteiger partial charge in [0.05, 0.1) is 0 Å². The molecule has 2 fully saturated rings. The molecule has 6 nitrogen and oxygen atoms in total. The van der Waals surface area contributed by atoms with Crippen molar-refractivity contribution in [2.45, 2.75) is 24.9 Å². The highest BCUT2D eigenvalue weighted by Crippen LogP contribution is 2.36. The molecule has 1 aromatic heterocycles. The number of piperazine rings is 1. The smallest absolute Gasteiger partial charge is 0.224 e. The van der Waals surface area contributed by atoms with Crippen molar-refractivity contribution in [3.63, 3.8) is 0 Å². The zero-order valence-electron chi connectivity index (χ0n) is 14.1. The van der Waals surface area contributed by atoms with E-state index in [-0.39, 0.29) is 6.79 Å². The van der Waals surface area contributed by atoms with Gasteiger partial charge in [0.15, 0.2) is 6.79 Å². The minimum atomic E-state index is 0.261. The molecule has 4 rings (SSSR count). The second kappa shape index (κ2) is 7.06. The molecule has 7 heteroatoms. The summed E-state index contributed by atoms with van der Waals surface area (Å²) in [4.78, 5) is 13.3. The first-order chi connectivity index (χ1) is 12.2. The highest BCUT2D eigenvalue weighted by atomic mass is 35.5. The number of halogens is 1. The highest BCUT2D eigenvalue weighted by Gasteiger charge is 2.40. The molecule has 2 saturated heterocycles. The molecule has 2 bridgehead atoms. The largest absolute Gasteiger partial charge is 0.467 e. The van der Waals surface area contributed by atoms with Gasteiger partial charge in [-0.15, -0.1) is 0 Å². The fraction of sp³-hybridized carbons (Fsp3) is 0.444. The summed E-state index contributed by atoms with van der Waals surface area (Å²) in [6, 6.07) is 11.0. The lowest BCUT2D eigenvalue weighted by atomic mass is 10.1. The Morgan fingerprint density at radius 3 is 2.72 bits per heavy atom. The molecule has 2 atom stereocenters. The fourth-order valence-corrected chi connectivity index (χ4v) is 4.00. The van der Waals surface area contributed by atoms with Crippen LogP contribution in [-0.2, 0) is 4.74 Å². The molecule has 1 aromatic carbocycles. The first kappa shape index (κ1) is 16.4. The van der Waals surface area contributed by atoms with Crippen LogP contribution in [0.4, 0.5) is 11.5 Å². The summed E-state index contributed by atoms with van der Waals surface area (Å²) in [6.45, 7) is 2.19. The van der Waals surface area contributed by atoms with Crippen LogP contribution < -0.4 is 14.5 Å². The second-order valence-corrected chi connectivity index (χ2v) is 6.77. The SMILES string of the molecule is COCOc1cccc(N2CC3CCC(C2)N3c2ccnc(Cl)n2)c1. The maximum absolute atomic E-state index is 5.98. The molecule has 0 aliphatic carbocycles. The summed E-state index contributed by atoms with van der Waals surface area (Å²) in [5.41, 5.74) is 1.19. The Morgan fingerprint density at radius 2 is 2.00 bits per heavy atom. The van der Waals surface area contributed by atoms with E-state index in [9.17, 15) is 0 Å². The number of nitrogens with zero attached hydrogens (tertiary/aromatic N) is 4. The number of fused-ring (bicyclic) bond motifs is 2. The number of anilines is 2. The zero-order valence-corrected chi connectivity index (χ0v) is 14.9. The predicted octanol–water partition coefficient (Wildman–Crippen LogP) is 2.97. The van der Waals surface area contributed by atoms with E-state index in [2.05, 4.69) is 31.9 Å². The third kappa shape index (κ3) is 3.37. The number of benzene rings is 1. The Hall–Kier alpha value is -2.05. The molecule has 0 saturated carbocycles. The second-order valence-electron chi connectivity index (χ2n) is 6.43. The number of hydrogen-bond donors (Lipinski definition) is 0. The summed E-state index contributed by atoms with van der Waals surface area (Å²) >= 11 is 5.98. The van der Waals surface area contributed by atoms with Crippen molar-refractivity contribution >= 4 is 23.1 Å². The van der Waals surface area contributed by atoms with Crippen LogP contribution in [0.15, 0.2) is 36.5 Å². The molecule has 132 valence electrons. The third-order valence-corrected chi connectivity index (χ3v) is 5.07. The van der Waals surface area contributed by atoms with E-state index < -0.39 is 0 Å². The summed E-state index contributed by atoms with van der Waals surface area (Å²) in [7, 11) is 1.63. The lowest BCUT2D eigenvalue weighted by molar-refractivity contribution is 0.0511. The summed E-state index contributed by atoms with van der Waals surface area (Å²) in [5, 5.41) is 0.308. The van der Waals surface area contributed by atoms with Gasteiger partial charge in [0.2, 0.25) is 5.28 Å². The fourth-order valence-electron chi connectivity index (χ4n) is 3.85. The van der Waals surface area contributed by atoms with Crippen molar-refractivity contribution in [1.29, 1.82) is 0 Å². The Labute approximate surface area is 152 Å². The van der Waals surface area contributed by atoms with Crippen LogP contribution in [0.25, 0.3) is 0 Å². The van der Waals surface area contributed by atoms with Gasteiger partial charge in [-0.05, 0) is 42.6 Å². The van der Waals surface area contributed by atoms with Crippen molar-refractivity contribution < 1.29 is 9.47 Å². The van der Waals surface area contributed by atoms with Crippen molar-refractivity contribution in [3.8, 4) is 5.75 Å². The average Bonchev–Trinajstić information content (AvgIpc) is 2.90. The van der Waals surface area contributed by atoms with Crippen molar-refractivity contribution in [2.75, 3.05) is 36.8 Å². The van der Waals surface area contributed by atoms with Gasteiger partial charge in [-0.25, -0.2) is 9.97 Å². The van der Waals surface area contributed by atoms with Crippen LogP contribution in [0.2, 0.25) is 5.28 Å². The highest BCUT2D eigenvalue weighted by molar-refractivity contribution is 6.28. The summed E-state index contributed by atoms with van der Waals surface area (Å²) in [5.74, 6) is 1.76.